The van der Waals surface area contributed by atoms with Crippen LogP contribution in [0.5, 0.6) is 11.5 Å². The van der Waals surface area contributed by atoms with Crippen molar-refractivity contribution in [3.63, 3.8) is 0 Å². The summed E-state index contributed by atoms with van der Waals surface area (Å²) in [5.41, 5.74) is 2.24. The molecule has 0 bridgehead atoms. The number of carbonyl (C=O) groups is 1. The first-order valence-corrected chi connectivity index (χ1v) is 10.5. The number of hydrogen-bond acceptors (Lipinski definition) is 4. The van der Waals surface area contributed by atoms with E-state index in [1.807, 2.05) is 54.3 Å². The number of benzene rings is 2. The summed E-state index contributed by atoms with van der Waals surface area (Å²) in [6, 6.07) is 13.7. The minimum atomic E-state index is 0.221. The fourth-order valence-electron chi connectivity index (χ4n) is 3.60. The first kappa shape index (κ1) is 21.5. The van der Waals surface area contributed by atoms with Crippen molar-refractivity contribution in [1.29, 1.82) is 0 Å². The first-order chi connectivity index (χ1) is 14.1. The Kier molecular flexibility index (Phi) is 7.78. The Morgan fingerprint density at radius 2 is 1.79 bits per heavy atom. The van der Waals surface area contributed by atoms with Crippen molar-refractivity contribution >= 4 is 17.5 Å². The molecular formula is C23H29ClN2O3. The predicted octanol–water partition coefficient (Wildman–Crippen LogP) is 4.02. The molecule has 1 aliphatic rings. The zero-order valence-corrected chi connectivity index (χ0v) is 18.0. The van der Waals surface area contributed by atoms with Gasteiger partial charge in [-0.2, -0.15) is 0 Å². The van der Waals surface area contributed by atoms with Gasteiger partial charge >= 0.3 is 0 Å². The molecule has 2 aromatic carbocycles. The first-order valence-electron chi connectivity index (χ1n) is 10.1. The lowest BCUT2D eigenvalue weighted by Gasteiger charge is -2.35. The van der Waals surface area contributed by atoms with Crippen LogP contribution in [0.3, 0.4) is 0 Å². The van der Waals surface area contributed by atoms with Gasteiger partial charge in [0.05, 0.1) is 13.7 Å². The van der Waals surface area contributed by atoms with E-state index in [0.717, 1.165) is 61.8 Å². The highest BCUT2D eigenvalue weighted by Crippen LogP contribution is 2.24. The molecule has 1 amide bonds. The Morgan fingerprint density at radius 3 is 2.45 bits per heavy atom. The fourth-order valence-corrected chi connectivity index (χ4v) is 3.79. The monoisotopic (exact) mass is 416 g/mol. The SMILES string of the molecule is CCOc1ccc(CCC(=O)N2CCN(Cc3cc(Cl)ccc3OC)CC2)cc1. The van der Waals surface area contributed by atoms with Crippen molar-refractivity contribution in [3.05, 3.63) is 58.6 Å². The second-order valence-corrected chi connectivity index (χ2v) is 7.63. The summed E-state index contributed by atoms with van der Waals surface area (Å²) in [4.78, 5) is 16.9. The zero-order chi connectivity index (χ0) is 20.6. The summed E-state index contributed by atoms with van der Waals surface area (Å²) in [5.74, 6) is 1.94. The highest BCUT2D eigenvalue weighted by atomic mass is 35.5. The average molecular weight is 417 g/mol. The molecule has 0 N–H and O–H groups in total. The van der Waals surface area contributed by atoms with Crippen molar-refractivity contribution in [2.24, 2.45) is 0 Å². The molecule has 29 heavy (non-hydrogen) atoms. The van der Waals surface area contributed by atoms with E-state index in [1.165, 1.54) is 0 Å². The predicted molar refractivity (Wildman–Crippen MR) is 116 cm³/mol. The van der Waals surface area contributed by atoms with Crippen LogP contribution in [-0.4, -0.2) is 55.6 Å². The maximum absolute atomic E-state index is 12.6. The van der Waals surface area contributed by atoms with Gasteiger partial charge in [-0.15, -0.1) is 0 Å². The topological polar surface area (TPSA) is 42.0 Å². The summed E-state index contributed by atoms with van der Waals surface area (Å²) in [5, 5.41) is 0.712. The molecule has 0 aliphatic carbocycles. The number of hydrogen-bond donors (Lipinski definition) is 0. The minimum Gasteiger partial charge on any atom is -0.496 e. The molecule has 156 valence electrons. The second kappa shape index (κ2) is 10.5. The number of piperazine rings is 1. The summed E-state index contributed by atoms with van der Waals surface area (Å²) < 4.78 is 10.9. The van der Waals surface area contributed by atoms with Crippen molar-refractivity contribution in [2.75, 3.05) is 39.9 Å². The van der Waals surface area contributed by atoms with Crippen molar-refractivity contribution in [1.82, 2.24) is 9.80 Å². The number of halogens is 1. The van der Waals surface area contributed by atoms with E-state index in [1.54, 1.807) is 7.11 Å². The summed E-state index contributed by atoms with van der Waals surface area (Å²) in [7, 11) is 1.67. The summed E-state index contributed by atoms with van der Waals surface area (Å²) >= 11 is 6.13. The Balaban J connectivity index is 1.45. The molecule has 1 saturated heterocycles. The van der Waals surface area contributed by atoms with Gasteiger partial charge in [0.1, 0.15) is 11.5 Å². The highest BCUT2D eigenvalue weighted by molar-refractivity contribution is 6.30. The Hall–Kier alpha value is -2.24. The van der Waals surface area contributed by atoms with Gasteiger partial charge in [0, 0.05) is 49.7 Å². The highest BCUT2D eigenvalue weighted by Gasteiger charge is 2.21. The molecule has 0 atom stereocenters. The van der Waals surface area contributed by atoms with E-state index in [-0.39, 0.29) is 5.91 Å². The fraction of sp³-hybridized carbons (Fsp3) is 0.435. The van der Waals surface area contributed by atoms with Crippen molar-refractivity contribution < 1.29 is 14.3 Å². The third-order valence-corrected chi connectivity index (χ3v) is 5.46. The van der Waals surface area contributed by atoms with Gasteiger partial charge in [0.25, 0.3) is 0 Å². The lowest BCUT2D eigenvalue weighted by molar-refractivity contribution is -0.133. The number of amides is 1. The molecule has 0 saturated carbocycles. The van der Waals surface area contributed by atoms with Crippen LogP contribution in [0.25, 0.3) is 0 Å². The number of aryl methyl sites for hydroxylation is 1. The molecular weight excluding hydrogens is 388 g/mol. The van der Waals surface area contributed by atoms with Crippen LogP contribution in [0.15, 0.2) is 42.5 Å². The van der Waals surface area contributed by atoms with Gasteiger partial charge in [0.15, 0.2) is 0 Å². The van der Waals surface area contributed by atoms with E-state index < -0.39 is 0 Å². The number of carbonyl (C=O) groups excluding carboxylic acids is 1. The number of rotatable bonds is 8. The van der Waals surface area contributed by atoms with Crippen LogP contribution < -0.4 is 9.47 Å². The normalized spacial score (nSPS) is 14.7. The summed E-state index contributed by atoms with van der Waals surface area (Å²) in [6.07, 6.45) is 1.29. The summed E-state index contributed by atoms with van der Waals surface area (Å²) in [6.45, 7) is 6.62. The maximum Gasteiger partial charge on any atom is 0.222 e. The third kappa shape index (κ3) is 6.12. The quantitative estimate of drug-likeness (QED) is 0.651. The largest absolute Gasteiger partial charge is 0.496 e. The van der Waals surface area contributed by atoms with E-state index in [9.17, 15) is 4.79 Å². The minimum absolute atomic E-state index is 0.221. The Morgan fingerprint density at radius 1 is 1.07 bits per heavy atom. The molecule has 1 fully saturated rings. The van der Waals surface area contributed by atoms with Crippen LogP contribution in [0.4, 0.5) is 0 Å². The molecule has 1 aliphatic heterocycles. The van der Waals surface area contributed by atoms with Crippen molar-refractivity contribution in [2.45, 2.75) is 26.3 Å². The standard InChI is InChI=1S/C23H29ClN2O3/c1-3-29-21-8-4-18(5-9-21)6-11-23(27)26-14-12-25(13-15-26)17-19-16-20(24)7-10-22(19)28-2/h4-5,7-10,16H,3,6,11-15,17H2,1-2H3. The van der Waals surface area contributed by atoms with E-state index >= 15 is 0 Å². The Labute approximate surface area is 178 Å². The molecule has 2 aromatic rings. The van der Waals surface area contributed by atoms with Gasteiger partial charge in [-0.1, -0.05) is 23.7 Å². The van der Waals surface area contributed by atoms with E-state index in [4.69, 9.17) is 21.1 Å². The van der Waals surface area contributed by atoms with Crippen LogP contribution in [-0.2, 0) is 17.8 Å². The zero-order valence-electron chi connectivity index (χ0n) is 17.2. The van der Waals surface area contributed by atoms with Crippen LogP contribution in [0, 0.1) is 0 Å². The molecule has 0 radical (unpaired) electrons. The lowest BCUT2D eigenvalue weighted by atomic mass is 10.1. The second-order valence-electron chi connectivity index (χ2n) is 7.19. The van der Waals surface area contributed by atoms with Gasteiger partial charge < -0.3 is 14.4 Å². The number of methoxy groups -OCH3 is 1. The third-order valence-electron chi connectivity index (χ3n) is 5.22. The van der Waals surface area contributed by atoms with E-state index in [0.29, 0.717) is 18.1 Å². The molecule has 1 heterocycles. The Bertz CT molecular complexity index is 802. The van der Waals surface area contributed by atoms with E-state index in [2.05, 4.69) is 4.90 Å². The molecule has 6 heteroatoms. The molecule has 0 spiro atoms. The maximum atomic E-state index is 12.6. The van der Waals surface area contributed by atoms with Gasteiger partial charge in [-0.25, -0.2) is 0 Å². The molecule has 3 rings (SSSR count). The molecule has 0 aromatic heterocycles. The number of nitrogens with zero attached hydrogens (tertiary/aromatic N) is 2. The molecule has 5 nitrogen and oxygen atoms in total. The van der Waals surface area contributed by atoms with Gasteiger partial charge in [0.2, 0.25) is 5.91 Å². The van der Waals surface area contributed by atoms with Crippen LogP contribution in [0.2, 0.25) is 5.02 Å². The van der Waals surface area contributed by atoms with Gasteiger partial charge in [-0.05, 0) is 49.2 Å². The van der Waals surface area contributed by atoms with Crippen LogP contribution in [0.1, 0.15) is 24.5 Å². The smallest absolute Gasteiger partial charge is 0.222 e. The number of ether oxygens (including phenoxy) is 2. The average Bonchev–Trinajstić information content (AvgIpc) is 2.74. The van der Waals surface area contributed by atoms with Gasteiger partial charge in [-0.3, -0.25) is 9.69 Å². The molecule has 0 unspecified atom stereocenters. The van der Waals surface area contributed by atoms with Crippen LogP contribution >= 0.6 is 11.6 Å². The van der Waals surface area contributed by atoms with Crippen molar-refractivity contribution in [3.8, 4) is 11.5 Å². The lowest BCUT2D eigenvalue weighted by Crippen LogP contribution is -2.48.